The largest absolute Gasteiger partial charge is 0.381 e. The Labute approximate surface area is 203 Å². The number of halogens is 1. The molecule has 2 N–H and O–H groups in total. The Morgan fingerprint density at radius 3 is 2.55 bits per heavy atom. The topological polar surface area (TPSA) is 95.0 Å². The van der Waals surface area contributed by atoms with Crippen molar-refractivity contribution in [3.05, 3.63) is 18.5 Å². The van der Waals surface area contributed by atoms with Gasteiger partial charge in [0, 0.05) is 77.8 Å². The number of carbonyl (C=O) groups excluding carboxylic acids is 1. The van der Waals surface area contributed by atoms with E-state index in [9.17, 15) is 4.79 Å². The maximum atomic E-state index is 12.5. The Morgan fingerprint density at radius 2 is 1.90 bits per heavy atom. The minimum Gasteiger partial charge on any atom is -0.381 e. The number of piperazine rings is 1. The van der Waals surface area contributed by atoms with Crippen molar-refractivity contribution in [3.8, 4) is 0 Å². The van der Waals surface area contributed by atoms with E-state index in [0.29, 0.717) is 38.5 Å². The van der Waals surface area contributed by atoms with Gasteiger partial charge in [-0.1, -0.05) is 13.8 Å². The third-order valence-electron chi connectivity index (χ3n) is 4.61. The summed E-state index contributed by atoms with van der Waals surface area (Å²) in [5, 5.41) is 6.48. The summed E-state index contributed by atoms with van der Waals surface area (Å²) in [6, 6.07) is 1.81. The molecule has 1 amide bonds. The van der Waals surface area contributed by atoms with Crippen molar-refractivity contribution < 1.29 is 9.53 Å². The van der Waals surface area contributed by atoms with Crippen LogP contribution in [0, 0.1) is 5.92 Å². The van der Waals surface area contributed by atoms with Crippen LogP contribution in [-0.4, -0.2) is 85.8 Å². The predicted octanol–water partition coefficient (Wildman–Crippen LogP) is 1.75. The van der Waals surface area contributed by atoms with Crippen molar-refractivity contribution in [2.24, 2.45) is 10.9 Å². The van der Waals surface area contributed by atoms with Gasteiger partial charge >= 0.3 is 0 Å². The van der Waals surface area contributed by atoms with Gasteiger partial charge < -0.3 is 25.2 Å². The molecule has 0 saturated carbocycles. The minimum absolute atomic E-state index is 0. The van der Waals surface area contributed by atoms with E-state index in [0.717, 1.165) is 51.2 Å². The summed E-state index contributed by atoms with van der Waals surface area (Å²) >= 11 is 0. The molecule has 0 aromatic carbocycles. The number of guanidine groups is 1. The summed E-state index contributed by atoms with van der Waals surface area (Å²) < 4.78 is 5.58. The summed E-state index contributed by atoms with van der Waals surface area (Å²) in [6.45, 7) is 12.8. The van der Waals surface area contributed by atoms with E-state index in [1.807, 2.05) is 17.9 Å². The zero-order valence-corrected chi connectivity index (χ0v) is 21.4. The Kier molecular flexibility index (Phi) is 14.1. The summed E-state index contributed by atoms with van der Waals surface area (Å²) in [5.74, 6) is 2.20. The molecular weight excluding hydrogens is 509 g/mol. The first kappa shape index (κ1) is 27.3. The second kappa shape index (κ2) is 16.0. The third-order valence-corrected chi connectivity index (χ3v) is 4.61. The second-order valence-corrected chi connectivity index (χ2v) is 7.68. The number of anilines is 1. The standard InChI is InChI=1S/C21H37N7O2.HI/c1-4-22-20(23-10-6-16-30-17-18(2)3)24-11-7-19(29)27-12-14-28(15-13-27)21-25-8-5-9-26-21;/h5,8-9,18H,4,6-7,10-17H2,1-3H3,(H2,22,23,24);1H. The average Bonchev–Trinajstić information content (AvgIpc) is 2.76. The molecule has 1 aliphatic heterocycles. The highest BCUT2D eigenvalue weighted by Gasteiger charge is 2.22. The van der Waals surface area contributed by atoms with Crippen LogP contribution < -0.4 is 15.5 Å². The molecule has 2 heterocycles. The van der Waals surface area contributed by atoms with E-state index < -0.39 is 0 Å². The Balaban J connectivity index is 0.00000480. The molecule has 1 aromatic heterocycles. The Morgan fingerprint density at radius 1 is 1.19 bits per heavy atom. The maximum absolute atomic E-state index is 12.5. The van der Waals surface area contributed by atoms with Crippen LogP contribution in [0.3, 0.4) is 0 Å². The number of nitrogens with zero attached hydrogens (tertiary/aromatic N) is 5. The monoisotopic (exact) mass is 547 g/mol. The lowest BCUT2D eigenvalue weighted by molar-refractivity contribution is -0.131. The van der Waals surface area contributed by atoms with E-state index in [4.69, 9.17) is 4.74 Å². The van der Waals surface area contributed by atoms with Crippen LogP contribution in [0.4, 0.5) is 5.95 Å². The van der Waals surface area contributed by atoms with Crippen LogP contribution in [0.1, 0.15) is 33.6 Å². The molecule has 9 nitrogen and oxygen atoms in total. The second-order valence-electron chi connectivity index (χ2n) is 7.68. The third kappa shape index (κ3) is 10.9. The number of aromatic nitrogens is 2. The van der Waals surface area contributed by atoms with Crippen molar-refractivity contribution in [1.82, 2.24) is 25.5 Å². The van der Waals surface area contributed by atoms with Gasteiger partial charge in [-0.3, -0.25) is 9.79 Å². The number of carbonyl (C=O) groups is 1. The Bertz CT molecular complexity index is 638. The lowest BCUT2D eigenvalue weighted by Gasteiger charge is -2.34. The van der Waals surface area contributed by atoms with Crippen molar-refractivity contribution in [2.75, 3.05) is 63.9 Å². The van der Waals surface area contributed by atoms with Gasteiger partial charge in [0.05, 0.1) is 0 Å². The molecule has 0 aliphatic carbocycles. The number of amides is 1. The number of aliphatic imine (C=N–C) groups is 1. The van der Waals surface area contributed by atoms with Gasteiger partial charge in [0.25, 0.3) is 0 Å². The lowest BCUT2D eigenvalue weighted by Crippen LogP contribution is -2.50. The number of rotatable bonds is 11. The van der Waals surface area contributed by atoms with Crippen LogP contribution in [0.2, 0.25) is 0 Å². The van der Waals surface area contributed by atoms with Crippen molar-refractivity contribution in [2.45, 2.75) is 33.6 Å². The van der Waals surface area contributed by atoms with Crippen LogP contribution in [0.15, 0.2) is 23.5 Å². The number of hydrogen-bond donors (Lipinski definition) is 2. The molecule has 0 radical (unpaired) electrons. The fourth-order valence-electron chi connectivity index (χ4n) is 3.07. The van der Waals surface area contributed by atoms with Crippen molar-refractivity contribution in [1.29, 1.82) is 0 Å². The fraction of sp³-hybridized carbons (Fsp3) is 0.714. The molecule has 1 saturated heterocycles. The molecule has 31 heavy (non-hydrogen) atoms. The summed E-state index contributed by atoms with van der Waals surface area (Å²) in [4.78, 5) is 29.7. The van der Waals surface area contributed by atoms with Gasteiger partial charge in [-0.2, -0.15) is 0 Å². The first-order valence-electron chi connectivity index (χ1n) is 11.0. The molecule has 1 aromatic rings. The van der Waals surface area contributed by atoms with E-state index in [1.165, 1.54) is 0 Å². The fourth-order valence-corrected chi connectivity index (χ4v) is 3.07. The molecule has 1 fully saturated rings. The van der Waals surface area contributed by atoms with Gasteiger partial charge in [-0.05, 0) is 25.3 Å². The summed E-state index contributed by atoms with van der Waals surface area (Å²) in [7, 11) is 0. The Hall–Kier alpha value is -1.69. The zero-order chi connectivity index (χ0) is 21.6. The molecule has 2 rings (SSSR count). The van der Waals surface area contributed by atoms with Crippen molar-refractivity contribution in [3.63, 3.8) is 0 Å². The van der Waals surface area contributed by atoms with Gasteiger partial charge in [-0.25, -0.2) is 9.97 Å². The molecule has 0 atom stereocenters. The van der Waals surface area contributed by atoms with Gasteiger partial charge in [0.15, 0.2) is 5.96 Å². The van der Waals surface area contributed by atoms with Crippen LogP contribution in [-0.2, 0) is 9.53 Å². The van der Waals surface area contributed by atoms with Gasteiger partial charge in [0.2, 0.25) is 11.9 Å². The summed E-state index contributed by atoms with van der Waals surface area (Å²) in [5.41, 5.74) is 0. The van der Waals surface area contributed by atoms with E-state index in [-0.39, 0.29) is 29.9 Å². The molecular formula is C21H38IN7O2. The minimum atomic E-state index is 0. The molecule has 0 unspecified atom stereocenters. The van der Waals surface area contributed by atoms with Gasteiger partial charge in [0.1, 0.15) is 0 Å². The van der Waals surface area contributed by atoms with Gasteiger partial charge in [-0.15, -0.1) is 24.0 Å². The first-order valence-corrected chi connectivity index (χ1v) is 11.0. The molecule has 1 aliphatic rings. The zero-order valence-electron chi connectivity index (χ0n) is 19.0. The number of ether oxygens (including phenoxy) is 1. The highest BCUT2D eigenvalue weighted by molar-refractivity contribution is 14.0. The quantitative estimate of drug-likeness (QED) is 0.189. The first-order chi connectivity index (χ1) is 14.6. The summed E-state index contributed by atoms with van der Waals surface area (Å²) in [6.07, 6.45) is 4.82. The highest BCUT2D eigenvalue weighted by atomic mass is 127. The smallest absolute Gasteiger partial charge is 0.225 e. The highest BCUT2D eigenvalue weighted by Crippen LogP contribution is 2.10. The molecule has 0 bridgehead atoms. The predicted molar refractivity (Wildman–Crippen MR) is 135 cm³/mol. The normalized spacial score (nSPS) is 14.4. The maximum Gasteiger partial charge on any atom is 0.225 e. The number of nitrogens with one attached hydrogen (secondary N) is 2. The van der Waals surface area contributed by atoms with E-state index >= 15 is 0 Å². The molecule has 0 spiro atoms. The van der Waals surface area contributed by atoms with E-state index in [1.54, 1.807) is 12.4 Å². The average molecular weight is 547 g/mol. The van der Waals surface area contributed by atoms with Crippen LogP contribution in [0.5, 0.6) is 0 Å². The van der Waals surface area contributed by atoms with Crippen LogP contribution >= 0.6 is 24.0 Å². The van der Waals surface area contributed by atoms with E-state index in [2.05, 4.69) is 44.3 Å². The van der Waals surface area contributed by atoms with Crippen molar-refractivity contribution >= 4 is 41.8 Å². The lowest BCUT2D eigenvalue weighted by atomic mass is 10.2. The SMILES string of the molecule is CCNC(=NCCCOCC(C)C)NCCC(=O)N1CCN(c2ncccn2)CC1.I. The molecule has 10 heteroatoms. The van der Waals surface area contributed by atoms with Crippen LogP contribution in [0.25, 0.3) is 0 Å². The number of hydrogen-bond acceptors (Lipinski definition) is 6. The molecule has 176 valence electrons.